The lowest BCUT2D eigenvalue weighted by molar-refractivity contribution is 0.715. The highest BCUT2D eigenvalue weighted by molar-refractivity contribution is 7.11. The lowest BCUT2D eigenvalue weighted by atomic mass is 10.2. The summed E-state index contributed by atoms with van der Waals surface area (Å²) in [5.41, 5.74) is 0. The number of aromatic nitrogens is 1. The van der Waals surface area contributed by atoms with E-state index in [4.69, 9.17) is 0 Å². The van der Waals surface area contributed by atoms with Gasteiger partial charge in [-0.25, -0.2) is 4.98 Å². The fourth-order valence-electron chi connectivity index (χ4n) is 1.23. The first-order chi connectivity index (χ1) is 6.24. The van der Waals surface area contributed by atoms with Gasteiger partial charge < -0.3 is 0 Å². The maximum absolute atomic E-state index is 4.43. The Morgan fingerprint density at radius 3 is 2.69 bits per heavy atom. The third kappa shape index (κ3) is 3.47. The predicted octanol–water partition coefficient (Wildman–Crippen LogP) is 4.00. The highest BCUT2D eigenvalue weighted by atomic mass is 32.1. The normalized spacial score (nSPS) is 11.1. The molecule has 1 aromatic rings. The van der Waals surface area contributed by atoms with Crippen molar-refractivity contribution in [3.8, 4) is 0 Å². The van der Waals surface area contributed by atoms with E-state index in [1.54, 1.807) is 0 Å². The fraction of sp³-hybridized carbons (Fsp3) is 0.727. The van der Waals surface area contributed by atoms with Crippen LogP contribution in [-0.4, -0.2) is 4.98 Å². The fourth-order valence-corrected chi connectivity index (χ4v) is 2.20. The smallest absolute Gasteiger partial charge is 0.0927 e. The lowest BCUT2D eigenvalue weighted by Gasteiger charge is -1.96. The molecule has 0 aliphatic rings. The summed E-state index contributed by atoms with van der Waals surface area (Å²) in [6.45, 7) is 6.69. The maximum Gasteiger partial charge on any atom is 0.0927 e. The van der Waals surface area contributed by atoms with Gasteiger partial charge in [0.2, 0.25) is 0 Å². The molecule has 0 unspecified atom stereocenters. The van der Waals surface area contributed by atoms with Crippen LogP contribution in [0.4, 0.5) is 0 Å². The Balaban J connectivity index is 2.40. The van der Waals surface area contributed by atoms with Gasteiger partial charge in [0, 0.05) is 11.1 Å². The number of thiazole rings is 1. The van der Waals surface area contributed by atoms with Gasteiger partial charge in [0.05, 0.1) is 5.01 Å². The van der Waals surface area contributed by atoms with Crippen LogP contribution in [-0.2, 0) is 6.42 Å². The molecule has 0 radical (unpaired) electrons. The highest BCUT2D eigenvalue weighted by Crippen LogP contribution is 2.22. The number of rotatable bonds is 5. The van der Waals surface area contributed by atoms with E-state index in [0.717, 1.165) is 0 Å². The first-order valence-electron chi connectivity index (χ1n) is 5.18. The highest BCUT2D eigenvalue weighted by Gasteiger charge is 2.04. The van der Waals surface area contributed by atoms with Crippen LogP contribution in [0.1, 0.15) is 55.8 Å². The standard InChI is InChI=1S/C11H19NS/c1-4-5-6-7-11-12-8-10(13-11)9(2)3/h8-9H,4-7H2,1-3H3. The first-order valence-corrected chi connectivity index (χ1v) is 6.00. The third-order valence-corrected chi connectivity index (χ3v) is 3.49. The topological polar surface area (TPSA) is 12.9 Å². The molecule has 0 amide bonds. The van der Waals surface area contributed by atoms with Gasteiger partial charge in [0.1, 0.15) is 0 Å². The number of hydrogen-bond donors (Lipinski definition) is 0. The van der Waals surface area contributed by atoms with Gasteiger partial charge in [-0.05, 0) is 18.8 Å². The third-order valence-electron chi connectivity index (χ3n) is 2.13. The van der Waals surface area contributed by atoms with Crippen molar-refractivity contribution >= 4 is 11.3 Å². The Labute approximate surface area is 85.2 Å². The number of aryl methyl sites for hydroxylation is 1. The molecule has 0 N–H and O–H groups in total. The molecule has 0 aliphatic heterocycles. The van der Waals surface area contributed by atoms with Gasteiger partial charge in [-0.3, -0.25) is 0 Å². The Morgan fingerprint density at radius 1 is 1.38 bits per heavy atom. The molecule has 0 bridgehead atoms. The van der Waals surface area contributed by atoms with Crippen molar-refractivity contribution in [2.24, 2.45) is 0 Å². The van der Waals surface area contributed by atoms with Gasteiger partial charge in [-0.15, -0.1) is 11.3 Å². The van der Waals surface area contributed by atoms with E-state index < -0.39 is 0 Å². The summed E-state index contributed by atoms with van der Waals surface area (Å²) in [5.74, 6) is 0.637. The van der Waals surface area contributed by atoms with Crippen LogP contribution >= 0.6 is 11.3 Å². The average Bonchev–Trinajstić information content (AvgIpc) is 2.53. The van der Waals surface area contributed by atoms with Crippen molar-refractivity contribution in [1.82, 2.24) is 4.98 Å². The van der Waals surface area contributed by atoms with Gasteiger partial charge in [-0.1, -0.05) is 33.6 Å². The molecule has 0 saturated heterocycles. The monoisotopic (exact) mass is 197 g/mol. The molecule has 2 heteroatoms. The largest absolute Gasteiger partial charge is 0.249 e. The van der Waals surface area contributed by atoms with Crippen LogP contribution in [0.25, 0.3) is 0 Å². The molecule has 0 fully saturated rings. The Kier molecular flexibility index (Phi) is 4.43. The SMILES string of the molecule is CCCCCc1ncc(C(C)C)s1. The molecule has 1 heterocycles. The second kappa shape index (κ2) is 5.38. The van der Waals surface area contributed by atoms with Gasteiger partial charge in [0.15, 0.2) is 0 Å². The summed E-state index contributed by atoms with van der Waals surface area (Å²) < 4.78 is 0. The quantitative estimate of drug-likeness (QED) is 0.650. The molecule has 0 atom stereocenters. The average molecular weight is 197 g/mol. The van der Waals surface area contributed by atoms with E-state index in [-0.39, 0.29) is 0 Å². The van der Waals surface area contributed by atoms with E-state index in [0.29, 0.717) is 5.92 Å². The molecule has 1 nitrogen and oxygen atoms in total. The van der Waals surface area contributed by atoms with Crippen LogP contribution in [0.2, 0.25) is 0 Å². The van der Waals surface area contributed by atoms with Crippen molar-refractivity contribution < 1.29 is 0 Å². The summed E-state index contributed by atoms with van der Waals surface area (Å²) in [7, 11) is 0. The second-order valence-electron chi connectivity index (χ2n) is 3.77. The molecular weight excluding hydrogens is 178 g/mol. The minimum Gasteiger partial charge on any atom is -0.249 e. The molecule has 74 valence electrons. The molecule has 0 aromatic carbocycles. The van der Waals surface area contributed by atoms with Crippen LogP contribution in [0.3, 0.4) is 0 Å². The van der Waals surface area contributed by atoms with E-state index in [9.17, 15) is 0 Å². The molecular formula is C11H19NS. The summed E-state index contributed by atoms with van der Waals surface area (Å²) in [5, 5.41) is 1.32. The molecule has 0 aliphatic carbocycles. The van der Waals surface area contributed by atoms with E-state index in [1.807, 2.05) is 17.5 Å². The summed E-state index contributed by atoms with van der Waals surface area (Å²) in [6.07, 6.45) is 7.13. The Morgan fingerprint density at radius 2 is 2.15 bits per heavy atom. The maximum atomic E-state index is 4.43. The summed E-state index contributed by atoms with van der Waals surface area (Å²) >= 11 is 1.88. The van der Waals surface area contributed by atoms with Crippen LogP contribution in [0.15, 0.2) is 6.20 Å². The van der Waals surface area contributed by atoms with Crippen molar-refractivity contribution in [3.05, 3.63) is 16.1 Å². The first kappa shape index (κ1) is 10.7. The summed E-state index contributed by atoms with van der Waals surface area (Å²) in [6, 6.07) is 0. The van der Waals surface area contributed by atoms with E-state index in [1.165, 1.54) is 35.6 Å². The van der Waals surface area contributed by atoms with Crippen molar-refractivity contribution in [2.45, 2.75) is 52.4 Å². The molecule has 1 aromatic heterocycles. The van der Waals surface area contributed by atoms with Crippen molar-refractivity contribution in [3.63, 3.8) is 0 Å². The van der Waals surface area contributed by atoms with Gasteiger partial charge in [-0.2, -0.15) is 0 Å². The molecule has 0 spiro atoms. The zero-order valence-corrected chi connectivity index (χ0v) is 9.66. The number of hydrogen-bond acceptors (Lipinski definition) is 2. The van der Waals surface area contributed by atoms with Crippen molar-refractivity contribution in [1.29, 1.82) is 0 Å². The molecule has 13 heavy (non-hydrogen) atoms. The van der Waals surface area contributed by atoms with E-state index in [2.05, 4.69) is 25.8 Å². The molecule has 0 saturated carbocycles. The predicted molar refractivity (Wildman–Crippen MR) is 59.4 cm³/mol. The number of nitrogens with zero attached hydrogens (tertiary/aromatic N) is 1. The van der Waals surface area contributed by atoms with Gasteiger partial charge >= 0.3 is 0 Å². The Bertz CT molecular complexity index is 240. The van der Waals surface area contributed by atoms with Crippen molar-refractivity contribution in [2.75, 3.05) is 0 Å². The zero-order chi connectivity index (χ0) is 9.68. The van der Waals surface area contributed by atoms with Crippen LogP contribution in [0.5, 0.6) is 0 Å². The zero-order valence-electron chi connectivity index (χ0n) is 8.84. The van der Waals surface area contributed by atoms with Gasteiger partial charge in [0.25, 0.3) is 0 Å². The van der Waals surface area contributed by atoms with E-state index >= 15 is 0 Å². The second-order valence-corrected chi connectivity index (χ2v) is 4.91. The lowest BCUT2D eigenvalue weighted by Crippen LogP contribution is -1.82. The number of unbranched alkanes of at least 4 members (excludes halogenated alkanes) is 2. The van der Waals surface area contributed by atoms with Crippen LogP contribution < -0.4 is 0 Å². The Hall–Kier alpha value is -0.370. The van der Waals surface area contributed by atoms with Crippen LogP contribution in [0, 0.1) is 0 Å². The summed E-state index contributed by atoms with van der Waals surface area (Å²) in [4.78, 5) is 5.85. The minimum atomic E-state index is 0.637. The molecule has 1 rings (SSSR count). The minimum absolute atomic E-state index is 0.637.